The van der Waals surface area contributed by atoms with E-state index >= 15 is 0 Å². The molecule has 1 aromatic heterocycles. The highest BCUT2D eigenvalue weighted by Gasteiger charge is 2.05. The first-order valence-corrected chi connectivity index (χ1v) is 6.54. The van der Waals surface area contributed by atoms with Crippen LogP contribution in [0.5, 0.6) is 0 Å². The van der Waals surface area contributed by atoms with Gasteiger partial charge in [0, 0.05) is 23.8 Å². The quantitative estimate of drug-likeness (QED) is 0.373. The molecule has 108 valence electrons. The van der Waals surface area contributed by atoms with Gasteiger partial charge in [0.05, 0.1) is 10.6 Å². The summed E-state index contributed by atoms with van der Waals surface area (Å²) in [4.78, 5) is 10.1. The number of nitrogens with zero attached hydrogens (tertiary/aromatic N) is 3. The van der Waals surface area contributed by atoms with Crippen LogP contribution in [0.1, 0.15) is 0 Å². The van der Waals surface area contributed by atoms with Gasteiger partial charge in [0.15, 0.2) is 0 Å². The molecule has 6 nitrogen and oxygen atoms in total. The number of hydrogen-bond acceptors (Lipinski definition) is 5. The third kappa shape index (κ3) is 3.06. The van der Waals surface area contributed by atoms with E-state index in [0.717, 1.165) is 5.56 Å². The van der Waals surface area contributed by atoms with E-state index in [1.807, 2.05) is 36.4 Å². The normalized spacial score (nSPS) is 10.9. The zero-order valence-electron chi connectivity index (χ0n) is 11.4. The third-order valence-corrected chi connectivity index (χ3v) is 2.97. The van der Waals surface area contributed by atoms with Gasteiger partial charge >= 0.3 is 0 Å². The molecular formula is C16H11N3O3. The Morgan fingerprint density at radius 3 is 2.27 bits per heavy atom. The van der Waals surface area contributed by atoms with Crippen molar-refractivity contribution in [3.63, 3.8) is 0 Å². The van der Waals surface area contributed by atoms with Crippen LogP contribution in [0, 0.1) is 10.1 Å². The molecule has 6 heteroatoms. The number of nitro groups is 1. The highest BCUT2D eigenvalue weighted by molar-refractivity contribution is 5.58. The number of nitro benzene ring substituents is 1. The van der Waals surface area contributed by atoms with E-state index in [1.165, 1.54) is 24.3 Å². The van der Waals surface area contributed by atoms with E-state index in [2.05, 4.69) is 10.2 Å². The fourth-order valence-electron chi connectivity index (χ4n) is 1.89. The minimum atomic E-state index is -0.459. The lowest BCUT2D eigenvalue weighted by Gasteiger charge is -1.94. The lowest BCUT2D eigenvalue weighted by Crippen LogP contribution is -1.85. The van der Waals surface area contributed by atoms with Gasteiger partial charge in [-0.05, 0) is 18.2 Å². The summed E-state index contributed by atoms with van der Waals surface area (Å²) in [6.45, 7) is 0. The Morgan fingerprint density at radius 2 is 1.59 bits per heavy atom. The minimum absolute atomic E-state index is 0.0170. The van der Waals surface area contributed by atoms with Crippen molar-refractivity contribution in [2.75, 3.05) is 0 Å². The Kier molecular flexibility index (Phi) is 3.74. The number of benzene rings is 2. The molecule has 0 aliphatic heterocycles. The molecule has 0 radical (unpaired) electrons. The molecule has 2 aromatic carbocycles. The van der Waals surface area contributed by atoms with Gasteiger partial charge in [0.2, 0.25) is 5.88 Å². The Hall–Kier alpha value is -3.28. The first-order chi connectivity index (χ1) is 10.7. The summed E-state index contributed by atoms with van der Waals surface area (Å²) in [6, 6.07) is 19.0. The van der Waals surface area contributed by atoms with Crippen LogP contribution in [0.3, 0.4) is 0 Å². The first-order valence-electron chi connectivity index (χ1n) is 6.54. The summed E-state index contributed by atoms with van der Waals surface area (Å²) >= 11 is 0. The Morgan fingerprint density at radius 1 is 0.864 bits per heavy atom. The van der Waals surface area contributed by atoms with Crippen molar-refractivity contribution < 1.29 is 9.34 Å². The smallest absolute Gasteiger partial charge is 0.269 e. The lowest BCUT2D eigenvalue weighted by atomic mass is 10.2. The minimum Gasteiger partial charge on any atom is -0.437 e. The van der Waals surface area contributed by atoms with E-state index in [1.54, 1.807) is 6.07 Å². The fourth-order valence-corrected chi connectivity index (χ4v) is 1.89. The van der Waals surface area contributed by atoms with Crippen LogP contribution in [0.2, 0.25) is 0 Å². The molecular weight excluding hydrogens is 282 g/mol. The number of furan rings is 1. The zero-order chi connectivity index (χ0) is 15.4. The van der Waals surface area contributed by atoms with Gasteiger partial charge in [-0.2, -0.15) is 0 Å². The fraction of sp³-hybridized carbons (Fsp3) is 0. The molecule has 0 aliphatic rings. The highest BCUT2D eigenvalue weighted by atomic mass is 16.6. The van der Waals surface area contributed by atoms with Crippen LogP contribution in [-0.2, 0) is 0 Å². The van der Waals surface area contributed by atoms with Crippen molar-refractivity contribution in [1.82, 2.24) is 0 Å². The number of azo groups is 1. The van der Waals surface area contributed by atoms with Gasteiger partial charge in [-0.1, -0.05) is 30.3 Å². The Bertz CT molecular complexity index is 808. The van der Waals surface area contributed by atoms with Crippen LogP contribution in [0.25, 0.3) is 11.3 Å². The van der Waals surface area contributed by atoms with E-state index in [9.17, 15) is 10.1 Å². The van der Waals surface area contributed by atoms with Gasteiger partial charge in [-0.15, -0.1) is 10.2 Å². The topological polar surface area (TPSA) is 81.0 Å². The molecule has 3 aromatic rings. The van der Waals surface area contributed by atoms with E-state index < -0.39 is 4.92 Å². The van der Waals surface area contributed by atoms with Crippen molar-refractivity contribution in [3.8, 4) is 11.3 Å². The molecule has 0 aliphatic carbocycles. The number of hydrogen-bond donors (Lipinski definition) is 0. The first kappa shape index (κ1) is 13.7. The van der Waals surface area contributed by atoms with Crippen LogP contribution in [-0.4, -0.2) is 4.92 Å². The summed E-state index contributed by atoms with van der Waals surface area (Å²) in [6.07, 6.45) is 0. The summed E-state index contributed by atoms with van der Waals surface area (Å²) in [5, 5.41) is 18.5. The second-order valence-electron chi connectivity index (χ2n) is 4.48. The van der Waals surface area contributed by atoms with Crippen molar-refractivity contribution in [1.29, 1.82) is 0 Å². The molecule has 0 saturated heterocycles. The molecule has 0 fully saturated rings. The molecule has 0 N–H and O–H groups in total. The van der Waals surface area contributed by atoms with E-state index in [0.29, 0.717) is 17.3 Å². The van der Waals surface area contributed by atoms with Crippen LogP contribution < -0.4 is 0 Å². The summed E-state index contributed by atoms with van der Waals surface area (Å²) in [5.74, 6) is 1.08. The molecule has 0 spiro atoms. The maximum atomic E-state index is 10.6. The summed E-state index contributed by atoms with van der Waals surface area (Å²) in [7, 11) is 0. The van der Waals surface area contributed by atoms with Gasteiger partial charge in [0.1, 0.15) is 5.76 Å². The van der Waals surface area contributed by atoms with Crippen molar-refractivity contribution in [2.45, 2.75) is 0 Å². The Labute approximate surface area is 125 Å². The molecule has 0 saturated carbocycles. The molecule has 0 amide bonds. The van der Waals surface area contributed by atoms with E-state index in [4.69, 9.17) is 4.42 Å². The molecule has 0 bridgehead atoms. The predicted octanol–water partition coefficient (Wildman–Crippen LogP) is 5.27. The molecule has 22 heavy (non-hydrogen) atoms. The molecule has 0 atom stereocenters. The number of non-ortho nitro benzene ring substituents is 1. The lowest BCUT2D eigenvalue weighted by molar-refractivity contribution is -0.384. The maximum absolute atomic E-state index is 10.6. The summed E-state index contributed by atoms with van der Waals surface area (Å²) in [5.41, 5.74) is 1.49. The van der Waals surface area contributed by atoms with Crippen molar-refractivity contribution in [2.24, 2.45) is 10.2 Å². The Balaban J connectivity index is 1.76. The zero-order valence-corrected chi connectivity index (χ0v) is 11.4. The maximum Gasteiger partial charge on any atom is 0.269 e. The van der Waals surface area contributed by atoms with Crippen molar-refractivity contribution >= 4 is 17.3 Å². The highest BCUT2D eigenvalue weighted by Crippen LogP contribution is 2.27. The van der Waals surface area contributed by atoms with E-state index in [-0.39, 0.29) is 5.69 Å². The molecule has 0 unspecified atom stereocenters. The van der Waals surface area contributed by atoms with Gasteiger partial charge in [-0.25, -0.2) is 0 Å². The second-order valence-corrected chi connectivity index (χ2v) is 4.48. The number of rotatable bonds is 4. The molecule has 1 heterocycles. The predicted molar refractivity (Wildman–Crippen MR) is 81.4 cm³/mol. The van der Waals surface area contributed by atoms with Crippen LogP contribution in [0.4, 0.5) is 17.3 Å². The van der Waals surface area contributed by atoms with Gasteiger partial charge in [-0.3, -0.25) is 10.1 Å². The monoisotopic (exact) mass is 293 g/mol. The second kappa shape index (κ2) is 6.01. The third-order valence-electron chi connectivity index (χ3n) is 2.97. The average molecular weight is 293 g/mol. The van der Waals surface area contributed by atoms with Gasteiger partial charge < -0.3 is 4.42 Å². The largest absolute Gasteiger partial charge is 0.437 e. The van der Waals surface area contributed by atoms with Crippen molar-refractivity contribution in [3.05, 3.63) is 76.8 Å². The van der Waals surface area contributed by atoms with Gasteiger partial charge in [0.25, 0.3) is 5.69 Å². The SMILES string of the molecule is O=[N+]([O-])c1ccc(N=Nc2ccc(-c3ccccc3)o2)cc1. The standard InChI is InChI=1S/C16H11N3O3/c20-19(21)14-8-6-13(7-9-14)17-18-16-11-10-15(22-16)12-4-2-1-3-5-12/h1-11H. The average Bonchev–Trinajstić information content (AvgIpc) is 3.03. The molecule has 3 rings (SSSR count). The van der Waals surface area contributed by atoms with Crippen LogP contribution >= 0.6 is 0 Å². The van der Waals surface area contributed by atoms with Crippen LogP contribution in [0.15, 0.2) is 81.4 Å². The summed E-state index contributed by atoms with van der Waals surface area (Å²) < 4.78 is 5.58.